The molecule has 0 saturated carbocycles. The quantitative estimate of drug-likeness (QED) is 0.615. The van der Waals surface area contributed by atoms with E-state index in [1.807, 2.05) is 6.92 Å². The highest BCUT2D eigenvalue weighted by Crippen LogP contribution is 2.33. The summed E-state index contributed by atoms with van der Waals surface area (Å²) in [6, 6.07) is 8.65. The maximum Gasteiger partial charge on any atom is 0.0830 e. The van der Waals surface area contributed by atoms with E-state index >= 15 is 0 Å². The standard InChI is InChI=1S/C17H30N2O/c1-7-20-16(17(4,5)6)15(19-18)14-10-8-13(9-11-14)12(2)3/h8-12,15-16,19H,7,18H2,1-6H3. The molecule has 0 aromatic heterocycles. The molecule has 0 fully saturated rings. The highest BCUT2D eigenvalue weighted by molar-refractivity contribution is 5.27. The second-order valence-corrected chi connectivity index (χ2v) is 6.71. The van der Waals surface area contributed by atoms with E-state index in [4.69, 9.17) is 10.6 Å². The van der Waals surface area contributed by atoms with Gasteiger partial charge >= 0.3 is 0 Å². The van der Waals surface area contributed by atoms with Crippen LogP contribution in [0.25, 0.3) is 0 Å². The average Bonchev–Trinajstić information content (AvgIpc) is 2.38. The Labute approximate surface area is 123 Å². The Morgan fingerprint density at radius 3 is 1.95 bits per heavy atom. The molecule has 3 N–H and O–H groups in total. The summed E-state index contributed by atoms with van der Waals surface area (Å²) in [5, 5.41) is 0. The molecule has 114 valence electrons. The van der Waals surface area contributed by atoms with Gasteiger partial charge in [0.25, 0.3) is 0 Å². The number of nitrogens with one attached hydrogen (secondary N) is 1. The zero-order valence-corrected chi connectivity index (χ0v) is 13.7. The largest absolute Gasteiger partial charge is 0.376 e. The van der Waals surface area contributed by atoms with Crippen molar-refractivity contribution in [3.63, 3.8) is 0 Å². The first kappa shape index (κ1) is 17.2. The summed E-state index contributed by atoms with van der Waals surface area (Å²) in [4.78, 5) is 0. The lowest BCUT2D eigenvalue weighted by molar-refractivity contribution is -0.0366. The number of rotatable bonds is 6. The predicted molar refractivity (Wildman–Crippen MR) is 85.5 cm³/mol. The fourth-order valence-corrected chi connectivity index (χ4v) is 2.47. The fourth-order valence-electron chi connectivity index (χ4n) is 2.47. The number of hydrazine groups is 1. The summed E-state index contributed by atoms with van der Waals surface area (Å²) in [5.41, 5.74) is 5.46. The lowest BCUT2D eigenvalue weighted by atomic mass is 9.82. The Bertz CT molecular complexity index is 392. The Hall–Kier alpha value is -0.900. The third kappa shape index (κ3) is 4.30. The zero-order valence-electron chi connectivity index (χ0n) is 13.7. The SMILES string of the molecule is CCOC(C(NN)c1ccc(C(C)C)cc1)C(C)(C)C. The van der Waals surface area contributed by atoms with Crippen molar-refractivity contribution in [3.05, 3.63) is 35.4 Å². The molecule has 2 atom stereocenters. The van der Waals surface area contributed by atoms with Crippen LogP contribution in [0.4, 0.5) is 0 Å². The molecule has 2 unspecified atom stereocenters. The Balaban J connectivity index is 3.03. The summed E-state index contributed by atoms with van der Waals surface area (Å²) >= 11 is 0. The molecular formula is C17H30N2O. The molecule has 0 aliphatic carbocycles. The van der Waals surface area contributed by atoms with Gasteiger partial charge in [0.2, 0.25) is 0 Å². The van der Waals surface area contributed by atoms with Crippen molar-refractivity contribution in [1.82, 2.24) is 5.43 Å². The molecule has 0 spiro atoms. The fraction of sp³-hybridized carbons (Fsp3) is 0.647. The molecule has 0 heterocycles. The molecule has 1 aromatic carbocycles. The molecule has 0 amide bonds. The Morgan fingerprint density at radius 2 is 1.60 bits per heavy atom. The maximum absolute atomic E-state index is 5.95. The van der Waals surface area contributed by atoms with Crippen LogP contribution in [-0.2, 0) is 4.74 Å². The molecule has 0 radical (unpaired) electrons. The third-order valence-corrected chi connectivity index (χ3v) is 3.64. The summed E-state index contributed by atoms with van der Waals surface area (Å²) in [6.07, 6.45) is 0.0300. The number of nitrogens with two attached hydrogens (primary N) is 1. The molecule has 1 aromatic rings. The van der Waals surface area contributed by atoms with Gasteiger partial charge in [0, 0.05) is 6.61 Å². The molecule has 1 rings (SSSR count). The van der Waals surface area contributed by atoms with Gasteiger partial charge in [-0.2, -0.15) is 0 Å². The van der Waals surface area contributed by atoms with E-state index in [9.17, 15) is 0 Å². The van der Waals surface area contributed by atoms with Crippen LogP contribution in [0.1, 0.15) is 64.6 Å². The van der Waals surface area contributed by atoms with Gasteiger partial charge < -0.3 is 4.74 Å². The van der Waals surface area contributed by atoms with Crippen LogP contribution in [0, 0.1) is 5.41 Å². The topological polar surface area (TPSA) is 47.3 Å². The van der Waals surface area contributed by atoms with E-state index in [0.29, 0.717) is 12.5 Å². The minimum absolute atomic E-state index is 0.00355. The molecule has 3 heteroatoms. The van der Waals surface area contributed by atoms with Crippen LogP contribution < -0.4 is 11.3 Å². The molecule has 0 aliphatic rings. The van der Waals surface area contributed by atoms with Crippen molar-refractivity contribution in [1.29, 1.82) is 0 Å². The van der Waals surface area contributed by atoms with Gasteiger partial charge in [0.15, 0.2) is 0 Å². The molecular weight excluding hydrogens is 248 g/mol. The summed E-state index contributed by atoms with van der Waals surface area (Å²) < 4.78 is 5.95. The molecule has 3 nitrogen and oxygen atoms in total. The predicted octanol–water partition coefficient (Wildman–Crippen LogP) is 3.77. The van der Waals surface area contributed by atoms with Gasteiger partial charge in [-0.1, -0.05) is 58.9 Å². The van der Waals surface area contributed by atoms with Crippen molar-refractivity contribution >= 4 is 0 Å². The van der Waals surface area contributed by atoms with Crippen LogP contribution in [0.2, 0.25) is 0 Å². The van der Waals surface area contributed by atoms with Crippen molar-refractivity contribution in [2.75, 3.05) is 6.61 Å². The summed E-state index contributed by atoms with van der Waals surface area (Å²) in [6.45, 7) is 13.6. The van der Waals surface area contributed by atoms with Gasteiger partial charge in [0.1, 0.15) is 0 Å². The van der Waals surface area contributed by atoms with E-state index in [1.54, 1.807) is 0 Å². The van der Waals surface area contributed by atoms with Gasteiger partial charge in [-0.05, 0) is 29.4 Å². The van der Waals surface area contributed by atoms with Crippen molar-refractivity contribution in [3.8, 4) is 0 Å². The second-order valence-electron chi connectivity index (χ2n) is 6.71. The van der Waals surface area contributed by atoms with E-state index in [2.05, 4.69) is 64.3 Å². The van der Waals surface area contributed by atoms with Crippen LogP contribution in [-0.4, -0.2) is 12.7 Å². The Morgan fingerprint density at radius 1 is 1.10 bits per heavy atom. The second kappa shape index (κ2) is 7.21. The minimum Gasteiger partial charge on any atom is -0.376 e. The first-order valence-corrected chi connectivity index (χ1v) is 7.48. The van der Waals surface area contributed by atoms with Crippen LogP contribution in [0.5, 0.6) is 0 Å². The summed E-state index contributed by atoms with van der Waals surface area (Å²) in [5.74, 6) is 6.34. The van der Waals surface area contributed by atoms with Gasteiger partial charge in [-0.3, -0.25) is 11.3 Å². The van der Waals surface area contributed by atoms with Gasteiger partial charge in [0.05, 0.1) is 12.1 Å². The first-order chi connectivity index (χ1) is 9.31. The number of ether oxygens (including phenoxy) is 1. The molecule has 20 heavy (non-hydrogen) atoms. The normalized spacial score (nSPS) is 15.4. The average molecular weight is 278 g/mol. The van der Waals surface area contributed by atoms with E-state index < -0.39 is 0 Å². The molecule has 0 aliphatic heterocycles. The van der Waals surface area contributed by atoms with E-state index in [0.717, 1.165) is 0 Å². The van der Waals surface area contributed by atoms with Crippen molar-refractivity contribution < 1.29 is 4.74 Å². The van der Waals surface area contributed by atoms with Gasteiger partial charge in [-0.25, -0.2) is 0 Å². The minimum atomic E-state index is -0.00355. The van der Waals surface area contributed by atoms with Crippen LogP contribution >= 0.6 is 0 Å². The maximum atomic E-state index is 5.95. The molecule has 0 saturated heterocycles. The highest BCUT2D eigenvalue weighted by Gasteiger charge is 2.33. The van der Waals surface area contributed by atoms with Crippen molar-refractivity contribution in [2.24, 2.45) is 11.3 Å². The smallest absolute Gasteiger partial charge is 0.0830 e. The number of hydrogen-bond acceptors (Lipinski definition) is 3. The number of hydrogen-bond donors (Lipinski definition) is 2. The summed E-state index contributed by atoms with van der Waals surface area (Å²) in [7, 11) is 0. The van der Waals surface area contributed by atoms with Crippen molar-refractivity contribution in [2.45, 2.75) is 59.6 Å². The lowest BCUT2D eigenvalue weighted by Crippen LogP contribution is -2.44. The first-order valence-electron chi connectivity index (χ1n) is 7.48. The molecule has 0 bridgehead atoms. The van der Waals surface area contributed by atoms with Crippen LogP contribution in [0.15, 0.2) is 24.3 Å². The highest BCUT2D eigenvalue weighted by atomic mass is 16.5. The monoisotopic (exact) mass is 278 g/mol. The third-order valence-electron chi connectivity index (χ3n) is 3.64. The zero-order chi connectivity index (χ0) is 15.3. The number of benzene rings is 1. The van der Waals surface area contributed by atoms with Gasteiger partial charge in [-0.15, -0.1) is 0 Å². The Kier molecular flexibility index (Phi) is 6.18. The lowest BCUT2D eigenvalue weighted by Gasteiger charge is -2.36. The van der Waals surface area contributed by atoms with Crippen LogP contribution in [0.3, 0.4) is 0 Å². The van der Waals surface area contributed by atoms with E-state index in [-0.39, 0.29) is 17.6 Å². The van der Waals surface area contributed by atoms with E-state index in [1.165, 1.54) is 11.1 Å².